The Hall–Kier alpha value is -1.42. The SMILES string of the molecule is CC(C)(C)OC(=O)N1C[C@@H]2CC[C@H](N=[N+]=[N-])[C@@H]2C1. The predicted octanol–water partition coefficient (Wildman–Crippen LogP) is 2.94. The predicted molar refractivity (Wildman–Crippen MR) is 67.0 cm³/mol. The van der Waals surface area contributed by atoms with Gasteiger partial charge in [-0.3, -0.25) is 0 Å². The largest absolute Gasteiger partial charge is 0.444 e. The minimum Gasteiger partial charge on any atom is -0.444 e. The molecule has 6 heteroatoms. The Kier molecular flexibility index (Phi) is 3.39. The molecule has 1 saturated heterocycles. The molecule has 0 unspecified atom stereocenters. The Morgan fingerprint density at radius 1 is 1.39 bits per heavy atom. The van der Waals surface area contributed by atoms with Crippen LogP contribution >= 0.6 is 0 Å². The number of likely N-dealkylation sites (tertiary alicyclic amines) is 1. The molecule has 2 rings (SSSR count). The first-order chi connectivity index (χ1) is 8.40. The van der Waals surface area contributed by atoms with Crippen LogP contribution in [0.1, 0.15) is 33.6 Å². The quantitative estimate of drug-likeness (QED) is 0.408. The fourth-order valence-electron chi connectivity index (χ4n) is 2.92. The summed E-state index contributed by atoms with van der Waals surface area (Å²) in [6.45, 7) is 6.99. The molecule has 0 aromatic heterocycles. The number of amides is 1. The van der Waals surface area contributed by atoms with Crippen molar-refractivity contribution in [2.45, 2.75) is 45.3 Å². The van der Waals surface area contributed by atoms with Crippen molar-refractivity contribution >= 4 is 6.09 Å². The van der Waals surface area contributed by atoms with Gasteiger partial charge in [-0.1, -0.05) is 5.11 Å². The van der Waals surface area contributed by atoms with Crippen LogP contribution in [-0.2, 0) is 4.74 Å². The van der Waals surface area contributed by atoms with Crippen molar-refractivity contribution < 1.29 is 9.53 Å². The highest BCUT2D eigenvalue weighted by atomic mass is 16.6. The zero-order valence-corrected chi connectivity index (χ0v) is 11.2. The normalized spacial score (nSPS) is 30.8. The lowest BCUT2D eigenvalue weighted by molar-refractivity contribution is 0.0279. The Balaban J connectivity index is 1.96. The van der Waals surface area contributed by atoms with E-state index in [-0.39, 0.29) is 12.1 Å². The Labute approximate surface area is 107 Å². The van der Waals surface area contributed by atoms with E-state index in [1.165, 1.54) is 0 Å². The van der Waals surface area contributed by atoms with E-state index in [1.807, 2.05) is 20.8 Å². The summed E-state index contributed by atoms with van der Waals surface area (Å²) < 4.78 is 5.37. The molecule has 0 aromatic rings. The monoisotopic (exact) mass is 252 g/mol. The molecule has 0 aromatic carbocycles. The number of nitrogens with zero attached hydrogens (tertiary/aromatic N) is 4. The third-order valence-electron chi connectivity index (χ3n) is 3.67. The number of fused-ring (bicyclic) bond motifs is 1. The van der Waals surface area contributed by atoms with Crippen LogP contribution in [0, 0.1) is 11.8 Å². The maximum absolute atomic E-state index is 12.0. The fourth-order valence-corrected chi connectivity index (χ4v) is 2.92. The molecule has 0 radical (unpaired) electrons. The highest BCUT2D eigenvalue weighted by Crippen LogP contribution is 2.40. The summed E-state index contributed by atoms with van der Waals surface area (Å²) >= 11 is 0. The summed E-state index contributed by atoms with van der Waals surface area (Å²) in [5.41, 5.74) is 8.07. The summed E-state index contributed by atoms with van der Waals surface area (Å²) in [6, 6.07) is 0.0486. The van der Waals surface area contributed by atoms with E-state index < -0.39 is 5.60 Å². The van der Waals surface area contributed by atoms with E-state index >= 15 is 0 Å². The molecule has 18 heavy (non-hydrogen) atoms. The number of azide groups is 1. The molecule has 6 nitrogen and oxygen atoms in total. The van der Waals surface area contributed by atoms with Crippen LogP contribution < -0.4 is 0 Å². The van der Waals surface area contributed by atoms with Crippen LogP contribution in [0.4, 0.5) is 4.79 Å². The van der Waals surface area contributed by atoms with Gasteiger partial charge in [0.1, 0.15) is 5.60 Å². The average molecular weight is 252 g/mol. The van der Waals surface area contributed by atoms with E-state index in [0.717, 1.165) is 19.4 Å². The molecular weight excluding hydrogens is 232 g/mol. The minimum atomic E-state index is -0.459. The highest BCUT2D eigenvalue weighted by molar-refractivity contribution is 5.68. The number of carbonyl (C=O) groups excluding carboxylic acids is 1. The smallest absolute Gasteiger partial charge is 0.410 e. The summed E-state index contributed by atoms with van der Waals surface area (Å²) in [6.07, 6.45) is 1.73. The highest BCUT2D eigenvalue weighted by Gasteiger charge is 2.44. The first kappa shape index (κ1) is 13.0. The zero-order chi connectivity index (χ0) is 13.3. The Morgan fingerprint density at radius 3 is 2.72 bits per heavy atom. The molecule has 1 aliphatic carbocycles. The summed E-state index contributed by atoms with van der Waals surface area (Å²) in [5.74, 6) is 0.779. The van der Waals surface area contributed by atoms with Crippen molar-refractivity contribution in [2.24, 2.45) is 17.0 Å². The molecule has 1 aliphatic heterocycles. The standard InChI is InChI=1S/C12H20N4O2/c1-12(2,3)18-11(17)16-6-8-4-5-10(14-15-13)9(8)7-16/h8-10H,4-7H2,1-3H3/t8-,9+,10-/m0/s1. The van der Waals surface area contributed by atoms with Gasteiger partial charge in [0, 0.05) is 24.0 Å². The van der Waals surface area contributed by atoms with Crippen molar-refractivity contribution in [1.82, 2.24) is 4.90 Å². The molecule has 2 fully saturated rings. The van der Waals surface area contributed by atoms with Crippen molar-refractivity contribution in [3.63, 3.8) is 0 Å². The minimum absolute atomic E-state index is 0.0486. The molecule has 0 N–H and O–H groups in total. The van der Waals surface area contributed by atoms with E-state index in [0.29, 0.717) is 18.4 Å². The first-order valence-electron chi connectivity index (χ1n) is 6.43. The van der Waals surface area contributed by atoms with Gasteiger partial charge in [0.05, 0.1) is 0 Å². The average Bonchev–Trinajstić information content (AvgIpc) is 2.77. The van der Waals surface area contributed by atoms with Crippen molar-refractivity contribution in [3.05, 3.63) is 10.4 Å². The number of hydrogen-bond donors (Lipinski definition) is 0. The van der Waals surface area contributed by atoms with Gasteiger partial charge in [0.2, 0.25) is 0 Å². The van der Waals surface area contributed by atoms with Crippen LogP contribution in [0.15, 0.2) is 5.11 Å². The summed E-state index contributed by atoms with van der Waals surface area (Å²) in [7, 11) is 0. The molecule has 0 spiro atoms. The van der Waals surface area contributed by atoms with Crippen LogP contribution in [0.25, 0.3) is 10.4 Å². The van der Waals surface area contributed by atoms with Gasteiger partial charge in [0.25, 0.3) is 0 Å². The third kappa shape index (κ3) is 2.70. The van der Waals surface area contributed by atoms with E-state index in [9.17, 15) is 4.79 Å². The molecule has 3 atom stereocenters. The van der Waals surface area contributed by atoms with E-state index in [1.54, 1.807) is 4.90 Å². The second-order valence-corrected chi connectivity index (χ2v) is 6.16. The zero-order valence-electron chi connectivity index (χ0n) is 11.2. The lowest BCUT2D eigenvalue weighted by Gasteiger charge is -2.25. The number of ether oxygens (including phenoxy) is 1. The second-order valence-electron chi connectivity index (χ2n) is 6.16. The maximum atomic E-state index is 12.0. The topological polar surface area (TPSA) is 78.3 Å². The summed E-state index contributed by atoms with van der Waals surface area (Å²) in [5, 5.41) is 3.84. The third-order valence-corrected chi connectivity index (χ3v) is 3.67. The van der Waals surface area contributed by atoms with E-state index in [2.05, 4.69) is 10.0 Å². The van der Waals surface area contributed by atoms with Gasteiger partial charge in [-0.2, -0.15) is 0 Å². The van der Waals surface area contributed by atoms with Gasteiger partial charge in [-0.15, -0.1) is 0 Å². The molecule has 0 bridgehead atoms. The Morgan fingerprint density at radius 2 is 2.11 bits per heavy atom. The molecule has 1 amide bonds. The van der Waals surface area contributed by atoms with Crippen LogP contribution in [0.3, 0.4) is 0 Å². The number of carbonyl (C=O) groups is 1. The van der Waals surface area contributed by atoms with Crippen LogP contribution in [0.2, 0.25) is 0 Å². The van der Waals surface area contributed by atoms with Gasteiger partial charge in [-0.25, -0.2) is 4.79 Å². The van der Waals surface area contributed by atoms with E-state index in [4.69, 9.17) is 10.3 Å². The van der Waals surface area contributed by atoms with Gasteiger partial charge in [0.15, 0.2) is 0 Å². The molecule has 1 heterocycles. The molecule has 2 aliphatic rings. The van der Waals surface area contributed by atoms with Crippen LogP contribution in [-0.4, -0.2) is 35.7 Å². The van der Waals surface area contributed by atoms with Gasteiger partial charge >= 0.3 is 6.09 Å². The van der Waals surface area contributed by atoms with Gasteiger partial charge < -0.3 is 9.64 Å². The molecular formula is C12H20N4O2. The molecule has 1 saturated carbocycles. The molecule has 100 valence electrons. The lowest BCUT2D eigenvalue weighted by atomic mass is 9.98. The van der Waals surface area contributed by atoms with Crippen molar-refractivity contribution in [2.75, 3.05) is 13.1 Å². The fraction of sp³-hybridized carbons (Fsp3) is 0.917. The second kappa shape index (κ2) is 4.69. The van der Waals surface area contributed by atoms with Gasteiger partial charge in [-0.05, 0) is 51.0 Å². The first-order valence-corrected chi connectivity index (χ1v) is 6.43. The summed E-state index contributed by atoms with van der Waals surface area (Å²) in [4.78, 5) is 16.6. The maximum Gasteiger partial charge on any atom is 0.410 e. The van der Waals surface area contributed by atoms with Crippen molar-refractivity contribution in [1.29, 1.82) is 0 Å². The van der Waals surface area contributed by atoms with Crippen LogP contribution in [0.5, 0.6) is 0 Å². The number of hydrogen-bond acceptors (Lipinski definition) is 3. The van der Waals surface area contributed by atoms with Crippen molar-refractivity contribution in [3.8, 4) is 0 Å². The Bertz CT molecular complexity index is 384. The number of rotatable bonds is 1. The lowest BCUT2D eigenvalue weighted by Crippen LogP contribution is -2.36.